The molecule has 0 heterocycles. The molecule has 0 aliphatic carbocycles. The van der Waals surface area contributed by atoms with E-state index in [1.807, 2.05) is 0 Å². The van der Waals surface area contributed by atoms with Gasteiger partial charge < -0.3 is 10.1 Å². The van der Waals surface area contributed by atoms with Gasteiger partial charge in [0, 0.05) is 6.54 Å². The predicted octanol–water partition coefficient (Wildman–Crippen LogP) is 3.49. The number of nitrogens with one attached hydrogen (secondary N) is 1. The van der Waals surface area contributed by atoms with Crippen molar-refractivity contribution in [3.05, 3.63) is 29.0 Å². The number of hydrogen-bond donors (Lipinski definition) is 1. The van der Waals surface area contributed by atoms with Crippen molar-refractivity contribution < 1.29 is 9.13 Å². The van der Waals surface area contributed by atoms with Crippen molar-refractivity contribution in [3.63, 3.8) is 0 Å². The minimum Gasteiger partial charge on any atom is -0.491 e. The highest BCUT2D eigenvalue weighted by atomic mass is 35.5. The molecule has 0 atom stereocenters. The highest BCUT2D eigenvalue weighted by Gasteiger charge is 2.02. The molecule has 0 spiro atoms. The second-order valence-electron chi connectivity index (χ2n) is 4.36. The minimum atomic E-state index is -0.350. The van der Waals surface area contributed by atoms with Crippen LogP contribution in [0.1, 0.15) is 20.3 Å². The lowest BCUT2D eigenvalue weighted by atomic mass is 10.1. The molecule has 1 aromatic rings. The summed E-state index contributed by atoms with van der Waals surface area (Å²) in [5.74, 6) is 0.881. The van der Waals surface area contributed by atoms with Gasteiger partial charge in [0.25, 0.3) is 0 Å². The Morgan fingerprint density at radius 1 is 1.35 bits per heavy atom. The van der Waals surface area contributed by atoms with Crippen LogP contribution in [-0.2, 0) is 0 Å². The first kappa shape index (κ1) is 14.3. The number of hydrogen-bond acceptors (Lipinski definition) is 2. The van der Waals surface area contributed by atoms with E-state index in [2.05, 4.69) is 19.2 Å². The minimum absolute atomic E-state index is 0.312. The molecule has 0 fully saturated rings. The average Bonchev–Trinajstić information content (AvgIpc) is 2.25. The van der Waals surface area contributed by atoms with Gasteiger partial charge in [0.15, 0.2) is 0 Å². The van der Waals surface area contributed by atoms with E-state index >= 15 is 0 Å². The molecule has 2 nitrogen and oxygen atoms in total. The summed E-state index contributed by atoms with van der Waals surface area (Å²) >= 11 is 5.83. The van der Waals surface area contributed by atoms with E-state index in [0.29, 0.717) is 23.3 Å². The van der Waals surface area contributed by atoms with E-state index in [-0.39, 0.29) is 5.82 Å². The molecule has 0 aliphatic heterocycles. The van der Waals surface area contributed by atoms with Crippen LogP contribution < -0.4 is 10.1 Å². The summed E-state index contributed by atoms with van der Waals surface area (Å²) in [5.41, 5.74) is 0. The molecule has 0 unspecified atom stereocenters. The quantitative estimate of drug-likeness (QED) is 0.757. The zero-order chi connectivity index (χ0) is 12.7. The fourth-order valence-corrected chi connectivity index (χ4v) is 1.56. The van der Waals surface area contributed by atoms with Crippen LogP contribution in [0.4, 0.5) is 4.39 Å². The largest absolute Gasteiger partial charge is 0.491 e. The van der Waals surface area contributed by atoms with Crippen LogP contribution in [0.5, 0.6) is 5.75 Å². The van der Waals surface area contributed by atoms with Crippen molar-refractivity contribution in [2.75, 3.05) is 19.7 Å². The van der Waals surface area contributed by atoms with E-state index in [0.717, 1.165) is 19.5 Å². The van der Waals surface area contributed by atoms with Crippen LogP contribution in [-0.4, -0.2) is 19.7 Å². The van der Waals surface area contributed by atoms with Crippen molar-refractivity contribution in [3.8, 4) is 5.75 Å². The topological polar surface area (TPSA) is 21.3 Å². The Morgan fingerprint density at radius 3 is 2.76 bits per heavy atom. The maximum absolute atomic E-state index is 12.8. The normalized spacial score (nSPS) is 10.9. The zero-order valence-electron chi connectivity index (χ0n) is 10.3. The lowest BCUT2D eigenvalue weighted by Gasteiger charge is -2.09. The van der Waals surface area contributed by atoms with Crippen LogP contribution in [0.3, 0.4) is 0 Å². The van der Waals surface area contributed by atoms with Gasteiger partial charge in [0.1, 0.15) is 18.2 Å². The van der Waals surface area contributed by atoms with E-state index in [9.17, 15) is 4.39 Å². The number of rotatable bonds is 7. The molecule has 0 saturated carbocycles. The SMILES string of the molecule is CC(C)CCNCCOc1ccc(F)cc1Cl. The first-order chi connectivity index (χ1) is 8.09. The van der Waals surface area contributed by atoms with Crippen molar-refractivity contribution in [2.45, 2.75) is 20.3 Å². The monoisotopic (exact) mass is 259 g/mol. The average molecular weight is 260 g/mol. The fourth-order valence-electron chi connectivity index (χ4n) is 1.34. The first-order valence-corrected chi connectivity index (χ1v) is 6.26. The third-order valence-corrected chi connectivity index (χ3v) is 2.62. The molecule has 1 aromatic carbocycles. The predicted molar refractivity (Wildman–Crippen MR) is 69.2 cm³/mol. The summed E-state index contributed by atoms with van der Waals surface area (Å²) < 4.78 is 18.2. The van der Waals surface area contributed by atoms with Crippen molar-refractivity contribution in [1.29, 1.82) is 0 Å². The molecule has 0 saturated heterocycles. The summed E-state index contributed by atoms with van der Waals surface area (Å²) in [6, 6.07) is 4.14. The van der Waals surface area contributed by atoms with E-state index in [1.165, 1.54) is 12.1 Å². The molecule has 0 aromatic heterocycles. The molecule has 4 heteroatoms. The highest BCUT2D eigenvalue weighted by Crippen LogP contribution is 2.24. The number of ether oxygens (including phenoxy) is 1. The van der Waals surface area contributed by atoms with Crippen LogP contribution in [0, 0.1) is 11.7 Å². The maximum atomic E-state index is 12.8. The molecule has 0 bridgehead atoms. The molecule has 0 amide bonds. The molecule has 1 rings (SSSR count). The highest BCUT2D eigenvalue weighted by molar-refractivity contribution is 6.32. The summed E-state index contributed by atoms with van der Waals surface area (Å²) in [6.45, 7) is 6.66. The summed E-state index contributed by atoms with van der Waals surface area (Å²) in [7, 11) is 0. The number of halogens is 2. The van der Waals surface area contributed by atoms with Gasteiger partial charge in [-0.1, -0.05) is 25.4 Å². The molecule has 17 heavy (non-hydrogen) atoms. The Kier molecular flexibility index (Phi) is 6.30. The summed E-state index contributed by atoms with van der Waals surface area (Å²) in [4.78, 5) is 0. The Morgan fingerprint density at radius 2 is 2.12 bits per heavy atom. The van der Waals surface area contributed by atoms with Gasteiger partial charge in [-0.05, 0) is 37.1 Å². The standard InChI is InChI=1S/C13H19ClFNO/c1-10(2)5-6-16-7-8-17-13-4-3-11(15)9-12(13)14/h3-4,9-10,16H,5-8H2,1-2H3. The maximum Gasteiger partial charge on any atom is 0.138 e. The van der Waals surface area contributed by atoms with Gasteiger partial charge in [-0.15, -0.1) is 0 Å². The third kappa shape index (κ3) is 5.89. The Labute approximate surface area is 107 Å². The molecule has 0 radical (unpaired) electrons. The smallest absolute Gasteiger partial charge is 0.138 e. The van der Waals surface area contributed by atoms with Crippen LogP contribution in [0.15, 0.2) is 18.2 Å². The first-order valence-electron chi connectivity index (χ1n) is 5.88. The molecule has 96 valence electrons. The van der Waals surface area contributed by atoms with Gasteiger partial charge in [-0.3, -0.25) is 0 Å². The summed E-state index contributed by atoms with van der Waals surface area (Å²) in [5, 5.41) is 3.59. The Bertz CT molecular complexity index is 344. The number of benzene rings is 1. The van der Waals surface area contributed by atoms with Gasteiger partial charge in [-0.25, -0.2) is 4.39 Å². The summed E-state index contributed by atoms with van der Waals surface area (Å²) in [6.07, 6.45) is 1.15. The van der Waals surface area contributed by atoms with Crippen LogP contribution in [0.2, 0.25) is 5.02 Å². The zero-order valence-corrected chi connectivity index (χ0v) is 11.1. The van der Waals surface area contributed by atoms with Crippen molar-refractivity contribution in [1.82, 2.24) is 5.32 Å². The fraction of sp³-hybridized carbons (Fsp3) is 0.538. The molecular formula is C13H19ClFNO. The van der Waals surface area contributed by atoms with Gasteiger partial charge in [-0.2, -0.15) is 0 Å². The van der Waals surface area contributed by atoms with E-state index in [1.54, 1.807) is 6.07 Å². The molecular weight excluding hydrogens is 241 g/mol. The third-order valence-electron chi connectivity index (χ3n) is 2.33. The van der Waals surface area contributed by atoms with Crippen LogP contribution >= 0.6 is 11.6 Å². The van der Waals surface area contributed by atoms with Gasteiger partial charge in [0.2, 0.25) is 0 Å². The van der Waals surface area contributed by atoms with Crippen LogP contribution in [0.25, 0.3) is 0 Å². The lowest BCUT2D eigenvalue weighted by Crippen LogP contribution is -2.23. The molecule has 0 aliphatic rings. The van der Waals surface area contributed by atoms with E-state index < -0.39 is 0 Å². The second kappa shape index (κ2) is 7.51. The molecule has 1 N–H and O–H groups in total. The van der Waals surface area contributed by atoms with Gasteiger partial charge in [0.05, 0.1) is 5.02 Å². The Balaban J connectivity index is 2.18. The van der Waals surface area contributed by atoms with E-state index in [4.69, 9.17) is 16.3 Å². The van der Waals surface area contributed by atoms with Gasteiger partial charge >= 0.3 is 0 Å². The van der Waals surface area contributed by atoms with Crippen molar-refractivity contribution in [2.24, 2.45) is 5.92 Å². The van der Waals surface area contributed by atoms with Crippen molar-refractivity contribution >= 4 is 11.6 Å². The second-order valence-corrected chi connectivity index (χ2v) is 4.76. The lowest BCUT2D eigenvalue weighted by molar-refractivity contribution is 0.312. The Hall–Kier alpha value is -0.800.